The molecule has 0 saturated heterocycles. The second-order valence-corrected chi connectivity index (χ2v) is 5.19. The topological polar surface area (TPSA) is 24.4 Å². The summed E-state index contributed by atoms with van der Waals surface area (Å²) in [5.74, 6) is 0.526. The van der Waals surface area contributed by atoms with Gasteiger partial charge in [0, 0.05) is 36.0 Å². The molecule has 0 amide bonds. The summed E-state index contributed by atoms with van der Waals surface area (Å²) in [4.78, 5) is 2.88. The smallest absolute Gasteiger partial charge is 0.0396 e. The van der Waals surface area contributed by atoms with E-state index in [-0.39, 0.29) is 0 Å². The van der Waals surface area contributed by atoms with Gasteiger partial charge in [-0.15, -0.1) is 13.2 Å². The van der Waals surface area contributed by atoms with Gasteiger partial charge >= 0.3 is 0 Å². The first-order valence-electron chi connectivity index (χ1n) is 5.49. The SMILES string of the molecule is C=C.C=C(/C=C\C)C(C)CC/C(C)=N\NSI. The van der Waals surface area contributed by atoms with Crippen molar-refractivity contribution in [2.45, 2.75) is 33.6 Å². The lowest BCUT2D eigenvalue weighted by Gasteiger charge is -2.11. The van der Waals surface area contributed by atoms with Gasteiger partial charge in [0.1, 0.15) is 0 Å². The summed E-state index contributed by atoms with van der Waals surface area (Å²) in [7, 11) is 1.48. The van der Waals surface area contributed by atoms with Crippen molar-refractivity contribution in [3.63, 3.8) is 0 Å². The zero-order chi connectivity index (χ0) is 13.7. The Morgan fingerprint density at radius 2 is 2.12 bits per heavy atom. The average molecular weight is 366 g/mol. The van der Waals surface area contributed by atoms with Gasteiger partial charge in [-0.25, -0.2) is 4.83 Å². The van der Waals surface area contributed by atoms with Gasteiger partial charge in [0.2, 0.25) is 0 Å². The number of rotatable bonds is 7. The van der Waals surface area contributed by atoms with Crippen molar-refractivity contribution in [2.75, 3.05) is 0 Å². The standard InChI is InChI=1S/C11H19IN2S.C2H4/c1-5-6-9(2)10(3)7-8-11(4)13-14-15-12;1-2/h5-6,10,14H,2,7-8H2,1,3-4H3;1-2H2/b6-5-,13-11-;. The highest BCUT2D eigenvalue weighted by molar-refractivity contribution is 14.2. The minimum atomic E-state index is 0.526. The Bertz CT molecular complexity index is 262. The molecule has 1 atom stereocenters. The number of hydrogen-bond donors (Lipinski definition) is 1. The lowest BCUT2D eigenvalue weighted by molar-refractivity contribution is 0.645. The first-order chi connectivity index (χ1) is 8.11. The van der Waals surface area contributed by atoms with Crippen molar-refractivity contribution in [3.8, 4) is 0 Å². The number of halogens is 1. The van der Waals surface area contributed by atoms with Crippen LogP contribution in [0.4, 0.5) is 0 Å². The molecule has 1 N–H and O–H groups in total. The molecular formula is C13H23IN2S. The Balaban J connectivity index is 0. The van der Waals surface area contributed by atoms with Gasteiger partial charge in [0.05, 0.1) is 0 Å². The predicted molar refractivity (Wildman–Crippen MR) is 91.5 cm³/mol. The van der Waals surface area contributed by atoms with Crippen molar-refractivity contribution in [1.29, 1.82) is 0 Å². The number of hydrogen-bond acceptors (Lipinski definition) is 3. The molecule has 0 aliphatic rings. The van der Waals surface area contributed by atoms with E-state index in [0.29, 0.717) is 5.92 Å². The van der Waals surface area contributed by atoms with Crippen LogP contribution in [0.5, 0.6) is 0 Å². The van der Waals surface area contributed by atoms with E-state index >= 15 is 0 Å². The van der Waals surface area contributed by atoms with Crippen molar-refractivity contribution < 1.29 is 0 Å². The highest BCUT2D eigenvalue weighted by atomic mass is 127. The number of hydrazone groups is 1. The number of allylic oxidation sites excluding steroid dienone is 3. The average Bonchev–Trinajstić information content (AvgIpc) is 2.36. The summed E-state index contributed by atoms with van der Waals surface area (Å²) < 4.78 is 0. The van der Waals surface area contributed by atoms with Crippen LogP contribution in [0.2, 0.25) is 0 Å². The fraction of sp³-hybridized carbons (Fsp3) is 0.462. The van der Waals surface area contributed by atoms with Crippen LogP contribution in [0, 0.1) is 5.92 Å². The Hall–Kier alpha value is -0.230. The lowest BCUT2D eigenvalue weighted by Crippen LogP contribution is -2.03. The Morgan fingerprint density at radius 3 is 2.59 bits per heavy atom. The first kappa shape index (κ1) is 19.1. The highest BCUT2D eigenvalue weighted by Crippen LogP contribution is 2.16. The Kier molecular flexibility index (Phi) is 15.6. The van der Waals surface area contributed by atoms with E-state index in [2.05, 4.69) is 63.9 Å². The summed E-state index contributed by atoms with van der Waals surface area (Å²) >= 11 is 2.16. The quantitative estimate of drug-likeness (QED) is 0.165. The molecule has 4 heteroatoms. The molecular weight excluding hydrogens is 343 g/mol. The van der Waals surface area contributed by atoms with E-state index in [1.165, 1.54) is 14.7 Å². The normalized spacial score (nSPS) is 12.8. The van der Waals surface area contributed by atoms with E-state index in [0.717, 1.165) is 18.6 Å². The molecule has 0 rings (SSSR count). The molecule has 0 aliphatic heterocycles. The van der Waals surface area contributed by atoms with Crippen LogP contribution in [0.1, 0.15) is 33.6 Å². The lowest BCUT2D eigenvalue weighted by atomic mass is 9.96. The van der Waals surface area contributed by atoms with Gasteiger partial charge in [-0.3, -0.25) is 0 Å². The fourth-order valence-electron chi connectivity index (χ4n) is 1.14. The second kappa shape index (κ2) is 13.8. The molecule has 2 nitrogen and oxygen atoms in total. The maximum atomic E-state index is 4.19. The molecule has 0 aromatic carbocycles. The molecule has 1 unspecified atom stereocenters. The van der Waals surface area contributed by atoms with E-state index in [9.17, 15) is 0 Å². The molecule has 0 radical (unpaired) electrons. The Morgan fingerprint density at radius 1 is 1.53 bits per heavy atom. The Labute approximate surface area is 122 Å². The first-order valence-corrected chi connectivity index (χ1v) is 8.85. The van der Waals surface area contributed by atoms with Gasteiger partial charge in [0.25, 0.3) is 0 Å². The molecule has 0 heterocycles. The van der Waals surface area contributed by atoms with Crippen LogP contribution in [0.3, 0.4) is 0 Å². The zero-order valence-corrected chi connectivity index (χ0v) is 14.0. The van der Waals surface area contributed by atoms with Crippen LogP contribution in [0.15, 0.2) is 42.6 Å². The van der Waals surface area contributed by atoms with Crippen LogP contribution in [0.25, 0.3) is 0 Å². The fourth-order valence-corrected chi connectivity index (χ4v) is 1.63. The largest absolute Gasteiger partial charge is 0.242 e. The number of nitrogens with one attached hydrogen (secondary N) is 1. The van der Waals surface area contributed by atoms with Crippen LogP contribution in [-0.4, -0.2) is 5.71 Å². The van der Waals surface area contributed by atoms with E-state index < -0.39 is 0 Å². The third-order valence-electron chi connectivity index (χ3n) is 2.22. The molecule has 0 aromatic heterocycles. The molecule has 0 saturated carbocycles. The maximum absolute atomic E-state index is 4.19. The summed E-state index contributed by atoms with van der Waals surface area (Å²) in [6.07, 6.45) is 6.23. The van der Waals surface area contributed by atoms with Gasteiger partial charge in [-0.1, -0.05) is 31.2 Å². The summed E-state index contributed by atoms with van der Waals surface area (Å²) in [5, 5.41) is 4.19. The third kappa shape index (κ3) is 12.0. The van der Waals surface area contributed by atoms with E-state index in [4.69, 9.17) is 0 Å². The van der Waals surface area contributed by atoms with Crippen LogP contribution < -0.4 is 4.83 Å². The minimum absolute atomic E-state index is 0.526. The van der Waals surface area contributed by atoms with E-state index in [1.54, 1.807) is 0 Å². The van der Waals surface area contributed by atoms with Crippen molar-refractivity contribution in [3.05, 3.63) is 37.5 Å². The monoisotopic (exact) mass is 366 g/mol. The highest BCUT2D eigenvalue weighted by Gasteiger charge is 2.04. The molecule has 0 spiro atoms. The van der Waals surface area contributed by atoms with Crippen LogP contribution >= 0.6 is 30.3 Å². The third-order valence-corrected chi connectivity index (χ3v) is 2.98. The van der Waals surface area contributed by atoms with E-state index in [1.807, 2.05) is 19.9 Å². The second-order valence-electron chi connectivity index (χ2n) is 3.53. The summed E-state index contributed by atoms with van der Waals surface area (Å²) in [6.45, 7) is 16.3. The molecule has 0 aromatic rings. The minimum Gasteiger partial charge on any atom is -0.242 e. The van der Waals surface area contributed by atoms with Gasteiger partial charge in [-0.2, -0.15) is 5.10 Å². The van der Waals surface area contributed by atoms with Gasteiger partial charge < -0.3 is 0 Å². The molecule has 0 aliphatic carbocycles. The van der Waals surface area contributed by atoms with Gasteiger partial charge in [-0.05, 0) is 32.6 Å². The maximum Gasteiger partial charge on any atom is 0.0396 e. The molecule has 98 valence electrons. The zero-order valence-electron chi connectivity index (χ0n) is 11.0. The molecule has 17 heavy (non-hydrogen) atoms. The molecule has 0 bridgehead atoms. The summed E-state index contributed by atoms with van der Waals surface area (Å²) in [6, 6.07) is 0. The van der Waals surface area contributed by atoms with Crippen LogP contribution in [-0.2, 0) is 0 Å². The van der Waals surface area contributed by atoms with Crippen molar-refractivity contribution in [1.82, 2.24) is 4.83 Å². The number of nitrogens with zero attached hydrogens (tertiary/aromatic N) is 1. The van der Waals surface area contributed by atoms with Crippen molar-refractivity contribution in [2.24, 2.45) is 11.0 Å². The van der Waals surface area contributed by atoms with Gasteiger partial charge in [0.15, 0.2) is 0 Å². The predicted octanol–water partition coefficient (Wildman–Crippen LogP) is 5.30. The van der Waals surface area contributed by atoms with Crippen molar-refractivity contribution >= 4 is 36.0 Å². The summed E-state index contributed by atoms with van der Waals surface area (Å²) in [5.41, 5.74) is 2.33. The molecule has 0 fully saturated rings.